The molecule has 16 heavy (non-hydrogen) atoms. The van der Waals surface area contributed by atoms with E-state index in [0.29, 0.717) is 6.04 Å². The summed E-state index contributed by atoms with van der Waals surface area (Å²) in [5, 5.41) is 0. The Morgan fingerprint density at radius 2 is 2.06 bits per heavy atom. The van der Waals surface area contributed by atoms with E-state index in [1.807, 2.05) is 30.3 Å². The predicted octanol–water partition coefficient (Wildman–Crippen LogP) is 2.62. The minimum Gasteiger partial charge on any atom is -0.357 e. The Kier molecular flexibility index (Phi) is 2.10. The van der Waals surface area contributed by atoms with E-state index in [9.17, 15) is 4.79 Å². The van der Waals surface area contributed by atoms with Crippen LogP contribution in [0, 0.1) is 0 Å². The van der Waals surface area contributed by atoms with Crippen molar-refractivity contribution >= 4 is 5.78 Å². The zero-order valence-corrected chi connectivity index (χ0v) is 9.39. The molecule has 0 bridgehead atoms. The molecule has 0 aliphatic carbocycles. The van der Waals surface area contributed by atoms with E-state index in [4.69, 9.17) is 0 Å². The Morgan fingerprint density at radius 3 is 2.75 bits per heavy atom. The highest BCUT2D eigenvalue weighted by molar-refractivity contribution is 6.02. The average Bonchev–Trinajstić information content (AvgIpc) is 3.05. The van der Waals surface area contributed by atoms with Gasteiger partial charge in [0, 0.05) is 11.3 Å². The Morgan fingerprint density at radius 1 is 1.31 bits per heavy atom. The van der Waals surface area contributed by atoms with Crippen molar-refractivity contribution in [2.24, 2.45) is 0 Å². The number of carbonyl (C=O) groups excluding carboxylic acids is 1. The third kappa shape index (κ3) is 1.37. The standard InChI is InChI=1S/C14H15NO/c1-10-6-5-9-12-13(15(10)12)14(16)11-7-3-2-4-8-11/h2-4,6-8,12-13H,5,9H2,1H3/t12-,13+,15?/m1/s1. The van der Waals surface area contributed by atoms with Gasteiger partial charge in [-0.15, -0.1) is 0 Å². The van der Waals surface area contributed by atoms with Gasteiger partial charge >= 0.3 is 0 Å². The lowest BCUT2D eigenvalue weighted by molar-refractivity contribution is 0.0978. The summed E-state index contributed by atoms with van der Waals surface area (Å²) in [5.74, 6) is 0.278. The fourth-order valence-electron chi connectivity index (χ4n) is 2.70. The van der Waals surface area contributed by atoms with Gasteiger partial charge in [-0.1, -0.05) is 36.4 Å². The first-order valence-corrected chi connectivity index (χ1v) is 5.83. The third-order valence-electron chi connectivity index (χ3n) is 3.57. The van der Waals surface area contributed by atoms with Crippen LogP contribution in [0.4, 0.5) is 0 Å². The number of hydrogen-bond acceptors (Lipinski definition) is 2. The van der Waals surface area contributed by atoms with Crippen molar-refractivity contribution in [3.63, 3.8) is 0 Å². The molecule has 1 aromatic rings. The number of nitrogens with zero attached hydrogens (tertiary/aromatic N) is 1. The zero-order valence-electron chi connectivity index (χ0n) is 9.39. The summed E-state index contributed by atoms with van der Waals surface area (Å²) in [5.41, 5.74) is 2.11. The van der Waals surface area contributed by atoms with Gasteiger partial charge in [0.15, 0.2) is 5.78 Å². The molecule has 1 aromatic carbocycles. The fourth-order valence-corrected chi connectivity index (χ4v) is 2.70. The zero-order chi connectivity index (χ0) is 11.1. The number of hydrogen-bond donors (Lipinski definition) is 0. The molecule has 3 rings (SSSR count). The predicted molar refractivity (Wildman–Crippen MR) is 63.2 cm³/mol. The minimum atomic E-state index is 0.112. The number of Topliss-reactive ketones (excluding diaryl/α,β-unsaturated/α-hetero) is 1. The monoisotopic (exact) mass is 213 g/mol. The molecule has 0 saturated carbocycles. The third-order valence-corrected chi connectivity index (χ3v) is 3.57. The number of rotatable bonds is 2. The van der Waals surface area contributed by atoms with Gasteiger partial charge in [0.1, 0.15) is 6.04 Å². The van der Waals surface area contributed by atoms with E-state index in [0.717, 1.165) is 18.4 Å². The first-order valence-electron chi connectivity index (χ1n) is 5.83. The Labute approximate surface area is 95.6 Å². The van der Waals surface area contributed by atoms with Crippen LogP contribution in [0.3, 0.4) is 0 Å². The van der Waals surface area contributed by atoms with Gasteiger partial charge in [0.05, 0.1) is 6.04 Å². The molecule has 2 heterocycles. The molecule has 0 amide bonds. The molecule has 0 unspecified atom stereocenters. The van der Waals surface area contributed by atoms with E-state index in [1.54, 1.807) is 0 Å². The quantitative estimate of drug-likeness (QED) is 0.556. The summed E-state index contributed by atoms with van der Waals surface area (Å²) >= 11 is 0. The molecule has 2 atom stereocenters. The molecule has 82 valence electrons. The summed E-state index contributed by atoms with van der Waals surface area (Å²) in [6.45, 7) is 2.10. The van der Waals surface area contributed by atoms with Crippen molar-refractivity contribution in [3.8, 4) is 0 Å². The SMILES string of the molecule is CC1=CCC[C@@H]2[C@@H](C(=O)c3ccccc3)N12. The van der Waals surface area contributed by atoms with Crippen molar-refractivity contribution in [1.29, 1.82) is 0 Å². The lowest BCUT2D eigenvalue weighted by Crippen LogP contribution is -2.12. The van der Waals surface area contributed by atoms with Crippen LogP contribution in [-0.2, 0) is 0 Å². The Balaban J connectivity index is 1.82. The van der Waals surface area contributed by atoms with E-state index in [-0.39, 0.29) is 11.8 Å². The van der Waals surface area contributed by atoms with E-state index >= 15 is 0 Å². The van der Waals surface area contributed by atoms with Crippen molar-refractivity contribution < 1.29 is 4.79 Å². The van der Waals surface area contributed by atoms with E-state index in [1.165, 1.54) is 5.70 Å². The van der Waals surface area contributed by atoms with Crippen molar-refractivity contribution in [2.45, 2.75) is 31.8 Å². The topological polar surface area (TPSA) is 20.1 Å². The van der Waals surface area contributed by atoms with Crippen LogP contribution in [0.25, 0.3) is 0 Å². The molecule has 2 heteroatoms. The lowest BCUT2D eigenvalue weighted by atomic mass is 10.0. The van der Waals surface area contributed by atoms with Crippen LogP contribution in [0.5, 0.6) is 0 Å². The summed E-state index contributed by atoms with van der Waals surface area (Å²) in [6.07, 6.45) is 4.47. The molecule has 1 saturated heterocycles. The van der Waals surface area contributed by atoms with Crippen molar-refractivity contribution in [3.05, 3.63) is 47.7 Å². The molecule has 1 fully saturated rings. The van der Waals surface area contributed by atoms with Crippen LogP contribution in [-0.4, -0.2) is 22.8 Å². The number of ketones is 1. The van der Waals surface area contributed by atoms with Crippen LogP contribution in [0.15, 0.2) is 42.1 Å². The summed E-state index contributed by atoms with van der Waals surface area (Å²) in [7, 11) is 0. The van der Waals surface area contributed by atoms with E-state index in [2.05, 4.69) is 17.9 Å². The molecular formula is C14H15NO. The van der Waals surface area contributed by atoms with Crippen LogP contribution >= 0.6 is 0 Å². The Hall–Kier alpha value is -1.57. The highest BCUT2D eigenvalue weighted by Crippen LogP contribution is 2.41. The molecule has 2 aliphatic rings. The van der Waals surface area contributed by atoms with Gasteiger partial charge in [-0.2, -0.15) is 0 Å². The molecule has 2 aliphatic heterocycles. The molecule has 0 radical (unpaired) electrons. The van der Waals surface area contributed by atoms with Crippen molar-refractivity contribution in [1.82, 2.24) is 4.90 Å². The average molecular weight is 213 g/mol. The number of fused-ring (bicyclic) bond motifs is 1. The second-order valence-corrected chi connectivity index (χ2v) is 4.57. The lowest BCUT2D eigenvalue weighted by Gasteiger charge is -2.09. The molecular weight excluding hydrogens is 198 g/mol. The van der Waals surface area contributed by atoms with Gasteiger partial charge in [0.2, 0.25) is 0 Å². The maximum absolute atomic E-state index is 12.2. The van der Waals surface area contributed by atoms with Gasteiger partial charge in [0.25, 0.3) is 0 Å². The highest BCUT2D eigenvalue weighted by atomic mass is 16.1. The van der Waals surface area contributed by atoms with Crippen LogP contribution in [0.2, 0.25) is 0 Å². The van der Waals surface area contributed by atoms with Gasteiger partial charge in [-0.3, -0.25) is 4.79 Å². The molecule has 0 N–H and O–H groups in total. The van der Waals surface area contributed by atoms with Gasteiger partial charge in [-0.05, 0) is 19.8 Å². The molecule has 0 spiro atoms. The largest absolute Gasteiger partial charge is 0.357 e. The summed E-state index contributed by atoms with van der Waals surface area (Å²) < 4.78 is 0. The van der Waals surface area contributed by atoms with Crippen LogP contribution < -0.4 is 0 Å². The summed E-state index contributed by atoms with van der Waals surface area (Å²) in [6, 6.07) is 10.2. The van der Waals surface area contributed by atoms with Gasteiger partial charge < -0.3 is 4.90 Å². The fraction of sp³-hybridized carbons (Fsp3) is 0.357. The summed E-state index contributed by atoms with van der Waals surface area (Å²) in [4.78, 5) is 14.5. The normalized spacial score (nSPS) is 27.1. The first-order chi connectivity index (χ1) is 7.79. The highest BCUT2D eigenvalue weighted by Gasteiger charge is 2.52. The molecule has 0 aromatic heterocycles. The van der Waals surface area contributed by atoms with Crippen molar-refractivity contribution in [2.75, 3.05) is 0 Å². The number of benzene rings is 1. The van der Waals surface area contributed by atoms with Gasteiger partial charge in [-0.25, -0.2) is 0 Å². The number of allylic oxidation sites excluding steroid dienone is 2. The maximum Gasteiger partial charge on any atom is 0.187 e. The van der Waals surface area contributed by atoms with Crippen LogP contribution in [0.1, 0.15) is 30.1 Å². The smallest absolute Gasteiger partial charge is 0.187 e. The second kappa shape index (κ2) is 3.48. The minimum absolute atomic E-state index is 0.112. The maximum atomic E-state index is 12.2. The first kappa shape index (κ1) is 9.64. The second-order valence-electron chi connectivity index (χ2n) is 4.57. The Bertz CT molecular complexity index is 449. The molecule has 2 nitrogen and oxygen atoms in total. The number of carbonyl (C=O) groups is 1. The van der Waals surface area contributed by atoms with E-state index < -0.39 is 0 Å².